The normalized spacial score (nSPS) is 17.1. The Morgan fingerprint density at radius 3 is 2.47 bits per heavy atom. The van der Waals surface area contributed by atoms with Gasteiger partial charge in [-0.1, -0.05) is 12.1 Å². The molecular weight excluding hydrogens is 202 g/mol. The number of thioether (sulfide) groups is 1. The summed E-state index contributed by atoms with van der Waals surface area (Å²) in [5, 5.41) is 2.51. The maximum Gasteiger partial charge on any atom is 0.101 e. The highest BCUT2D eigenvalue weighted by molar-refractivity contribution is 7.98. The number of rotatable bonds is 4. The van der Waals surface area contributed by atoms with Gasteiger partial charge in [-0.3, -0.25) is 0 Å². The van der Waals surface area contributed by atoms with Gasteiger partial charge in [0.05, 0.1) is 6.04 Å². The van der Waals surface area contributed by atoms with E-state index in [1.165, 1.54) is 36.1 Å². The van der Waals surface area contributed by atoms with Crippen LogP contribution in [0.1, 0.15) is 31.2 Å². The first-order valence-corrected chi connectivity index (χ1v) is 7.07. The molecule has 15 heavy (non-hydrogen) atoms. The average Bonchev–Trinajstić information content (AvgIpc) is 2.80. The maximum absolute atomic E-state index is 2.51. The maximum atomic E-state index is 2.51. The fraction of sp³-hybridized carbons (Fsp3) is 0.538. The lowest BCUT2D eigenvalue weighted by Gasteiger charge is -2.08. The third-order valence-electron chi connectivity index (χ3n) is 3.25. The minimum Gasteiger partial charge on any atom is -0.340 e. The van der Waals surface area contributed by atoms with Crippen molar-refractivity contribution in [3.8, 4) is 0 Å². The number of hydrogen-bond donors (Lipinski definition) is 1. The Bertz CT molecular complexity index is 288. The smallest absolute Gasteiger partial charge is 0.101 e. The van der Waals surface area contributed by atoms with E-state index in [-0.39, 0.29) is 0 Å². The fourth-order valence-electron chi connectivity index (χ4n) is 2.26. The third-order valence-corrected chi connectivity index (χ3v) is 3.99. The van der Waals surface area contributed by atoms with Crippen LogP contribution in [0, 0.1) is 0 Å². The Morgan fingerprint density at radius 1 is 1.20 bits per heavy atom. The summed E-state index contributed by atoms with van der Waals surface area (Å²) in [7, 11) is 0. The molecule has 2 N–H and O–H groups in total. The van der Waals surface area contributed by atoms with Crippen LogP contribution in [-0.2, 0) is 6.54 Å². The van der Waals surface area contributed by atoms with Gasteiger partial charge in [-0.05, 0) is 44.1 Å². The molecule has 1 aliphatic carbocycles. The van der Waals surface area contributed by atoms with Gasteiger partial charge in [0.25, 0.3) is 0 Å². The van der Waals surface area contributed by atoms with Crippen LogP contribution in [0.2, 0.25) is 0 Å². The van der Waals surface area contributed by atoms with E-state index >= 15 is 0 Å². The van der Waals surface area contributed by atoms with Crippen molar-refractivity contribution in [1.82, 2.24) is 0 Å². The first-order valence-electron chi connectivity index (χ1n) is 5.85. The van der Waals surface area contributed by atoms with Crippen molar-refractivity contribution in [2.45, 2.75) is 43.2 Å². The minimum absolute atomic E-state index is 0.894. The van der Waals surface area contributed by atoms with Gasteiger partial charge in [-0.15, -0.1) is 11.8 Å². The van der Waals surface area contributed by atoms with E-state index in [1.807, 2.05) is 11.8 Å². The molecule has 82 valence electrons. The molecule has 0 aliphatic heterocycles. The number of hydrogen-bond acceptors (Lipinski definition) is 1. The number of benzene rings is 1. The van der Waals surface area contributed by atoms with Gasteiger partial charge in [0.1, 0.15) is 6.54 Å². The predicted molar refractivity (Wildman–Crippen MR) is 66.1 cm³/mol. The first kappa shape index (κ1) is 11.0. The average molecular weight is 222 g/mol. The molecule has 1 saturated carbocycles. The van der Waals surface area contributed by atoms with E-state index in [1.54, 1.807) is 0 Å². The van der Waals surface area contributed by atoms with Crippen molar-refractivity contribution in [2.75, 3.05) is 6.26 Å². The van der Waals surface area contributed by atoms with Crippen LogP contribution in [-0.4, -0.2) is 12.3 Å². The Labute approximate surface area is 96.7 Å². The summed E-state index contributed by atoms with van der Waals surface area (Å²) >= 11 is 1.81. The second-order valence-corrected chi connectivity index (χ2v) is 5.21. The Balaban J connectivity index is 1.82. The Kier molecular flexibility index (Phi) is 4.09. The molecule has 2 rings (SSSR count). The highest BCUT2D eigenvalue weighted by Gasteiger charge is 2.17. The van der Waals surface area contributed by atoms with Crippen molar-refractivity contribution in [2.24, 2.45) is 0 Å². The lowest BCUT2D eigenvalue weighted by molar-refractivity contribution is -0.703. The molecule has 0 amide bonds. The monoisotopic (exact) mass is 222 g/mol. The predicted octanol–water partition coefficient (Wildman–Crippen LogP) is 2.41. The molecule has 1 aromatic rings. The van der Waals surface area contributed by atoms with E-state index in [4.69, 9.17) is 0 Å². The zero-order chi connectivity index (χ0) is 10.5. The van der Waals surface area contributed by atoms with Crippen LogP contribution < -0.4 is 5.32 Å². The van der Waals surface area contributed by atoms with Crippen molar-refractivity contribution in [1.29, 1.82) is 0 Å². The van der Waals surface area contributed by atoms with Gasteiger partial charge in [-0.25, -0.2) is 0 Å². The van der Waals surface area contributed by atoms with Crippen LogP contribution in [0.4, 0.5) is 0 Å². The summed E-state index contributed by atoms with van der Waals surface area (Å²) in [5.41, 5.74) is 1.46. The molecule has 0 aromatic heterocycles. The van der Waals surface area contributed by atoms with Crippen molar-refractivity contribution < 1.29 is 5.32 Å². The third kappa shape index (κ3) is 3.25. The van der Waals surface area contributed by atoms with Gasteiger partial charge in [0, 0.05) is 10.5 Å². The molecular formula is C13H20NS+. The number of quaternary nitrogens is 1. The molecule has 0 heterocycles. The summed E-state index contributed by atoms with van der Waals surface area (Å²) in [5.74, 6) is 0. The molecule has 1 aliphatic rings. The molecule has 0 atom stereocenters. The summed E-state index contributed by atoms with van der Waals surface area (Å²) in [6.07, 6.45) is 7.84. The molecule has 1 nitrogen and oxygen atoms in total. The molecule has 1 aromatic carbocycles. The zero-order valence-electron chi connectivity index (χ0n) is 9.41. The van der Waals surface area contributed by atoms with E-state index in [0.717, 1.165) is 12.6 Å². The van der Waals surface area contributed by atoms with E-state index in [0.29, 0.717) is 0 Å². The molecule has 0 saturated heterocycles. The second-order valence-electron chi connectivity index (χ2n) is 4.33. The molecule has 1 fully saturated rings. The Morgan fingerprint density at radius 2 is 1.87 bits per heavy atom. The Hall–Kier alpha value is -0.470. The van der Waals surface area contributed by atoms with Crippen LogP contribution >= 0.6 is 11.8 Å². The van der Waals surface area contributed by atoms with Crippen molar-refractivity contribution >= 4 is 11.8 Å². The quantitative estimate of drug-likeness (QED) is 0.774. The summed E-state index contributed by atoms with van der Waals surface area (Å²) in [4.78, 5) is 1.36. The van der Waals surface area contributed by atoms with Gasteiger partial charge in [0.2, 0.25) is 0 Å². The minimum atomic E-state index is 0.894. The SMILES string of the molecule is CSc1ccc(C[NH2+]C2CCCC2)cc1. The van der Waals surface area contributed by atoms with Gasteiger partial charge in [0.15, 0.2) is 0 Å². The van der Waals surface area contributed by atoms with Crippen LogP contribution in [0.15, 0.2) is 29.2 Å². The topological polar surface area (TPSA) is 16.6 Å². The molecule has 0 spiro atoms. The van der Waals surface area contributed by atoms with E-state index in [9.17, 15) is 0 Å². The van der Waals surface area contributed by atoms with E-state index < -0.39 is 0 Å². The van der Waals surface area contributed by atoms with Gasteiger partial charge in [-0.2, -0.15) is 0 Å². The zero-order valence-corrected chi connectivity index (χ0v) is 10.2. The number of nitrogens with two attached hydrogens (primary N) is 1. The van der Waals surface area contributed by atoms with Gasteiger partial charge >= 0.3 is 0 Å². The van der Waals surface area contributed by atoms with Crippen molar-refractivity contribution in [3.63, 3.8) is 0 Å². The summed E-state index contributed by atoms with van der Waals surface area (Å²) in [6.45, 7) is 1.15. The first-order chi connectivity index (χ1) is 7.38. The van der Waals surface area contributed by atoms with E-state index in [2.05, 4.69) is 35.8 Å². The van der Waals surface area contributed by atoms with Crippen LogP contribution in [0.5, 0.6) is 0 Å². The summed E-state index contributed by atoms with van der Waals surface area (Å²) < 4.78 is 0. The lowest BCUT2D eigenvalue weighted by atomic mass is 10.2. The largest absolute Gasteiger partial charge is 0.340 e. The summed E-state index contributed by atoms with van der Waals surface area (Å²) in [6, 6.07) is 9.87. The highest BCUT2D eigenvalue weighted by atomic mass is 32.2. The fourth-order valence-corrected chi connectivity index (χ4v) is 2.67. The van der Waals surface area contributed by atoms with Crippen LogP contribution in [0.25, 0.3) is 0 Å². The molecule has 0 unspecified atom stereocenters. The van der Waals surface area contributed by atoms with Crippen molar-refractivity contribution in [3.05, 3.63) is 29.8 Å². The molecule has 0 bridgehead atoms. The molecule has 0 radical (unpaired) electrons. The second kappa shape index (κ2) is 5.57. The molecule has 2 heteroatoms. The van der Waals surface area contributed by atoms with Gasteiger partial charge < -0.3 is 5.32 Å². The standard InChI is InChI=1S/C13H19NS/c1-15-13-8-6-11(7-9-13)10-14-12-4-2-3-5-12/h6-9,12,14H,2-5,10H2,1H3/p+1. The van der Waals surface area contributed by atoms with Crippen LogP contribution in [0.3, 0.4) is 0 Å². The highest BCUT2D eigenvalue weighted by Crippen LogP contribution is 2.16. The lowest BCUT2D eigenvalue weighted by Crippen LogP contribution is -2.87.